The fourth-order valence-electron chi connectivity index (χ4n) is 1.52. The van der Waals surface area contributed by atoms with Crippen molar-refractivity contribution in [2.24, 2.45) is 0 Å². The van der Waals surface area contributed by atoms with Crippen LogP contribution in [0.5, 0.6) is 5.75 Å². The predicted molar refractivity (Wildman–Crippen MR) is 54.0 cm³/mol. The van der Waals surface area contributed by atoms with Gasteiger partial charge in [0.2, 0.25) is 0 Å². The molecule has 70 valence electrons. The van der Waals surface area contributed by atoms with E-state index in [2.05, 4.69) is 18.7 Å². The molecule has 0 fully saturated rings. The fraction of sp³-hybridized carbons (Fsp3) is 0.400. The van der Waals surface area contributed by atoms with E-state index < -0.39 is 0 Å². The summed E-state index contributed by atoms with van der Waals surface area (Å²) in [4.78, 5) is 2.20. The summed E-state index contributed by atoms with van der Waals surface area (Å²) in [6.07, 6.45) is 0. The number of rotatable bonds is 1. The van der Waals surface area contributed by atoms with Crippen molar-refractivity contribution in [3.05, 3.63) is 18.2 Å². The lowest BCUT2D eigenvalue weighted by molar-refractivity contribution is 0.339. The average Bonchev–Trinajstić information content (AvgIpc) is 2.46. The third-order valence-corrected chi connectivity index (χ3v) is 2.28. The Morgan fingerprint density at radius 3 is 2.92 bits per heavy atom. The zero-order valence-corrected chi connectivity index (χ0v) is 7.95. The number of hydrogen-bond acceptors (Lipinski definition) is 3. The molecule has 0 amide bonds. The van der Waals surface area contributed by atoms with E-state index in [1.807, 2.05) is 18.2 Å². The lowest BCUT2D eigenvalue weighted by Gasteiger charge is -2.20. The normalized spacial score (nSPS) is 14.5. The Kier molecular flexibility index (Phi) is 1.79. The Balaban J connectivity index is 2.38. The number of anilines is 2. The lowest BCUT2D eigenvalue weighted by atomic mass is 10.2. The van der Waals surface area contributed by atoms with Gasteiger partial charge in [-0.1, -0.05) is 0 Å². The molecule has 2 N–H and O–H groups in total. The number of benzene rings is 1. The smallest absolute Gasteiger partial charge is 0.161 e. The summed E-state index contributed by atoms with van der Waals surface area (Å²) >= 11 is 0. The monoisotopic (exact) mass is 178 g/mol. The molecule has 0 saturated heterocycles. The first kappa shape index (κ1) is 8.23. The maximum Gasteiger partial charge on any atom is 0.161 e. The molecular formula is C10H14N2O. The van der Waals surface area contributed by atoms with Crippen LogP contribution in [0.2, 0.25) is 0 Å². The highest BCUT2D eigenvalue weighted by Gasteiger charge is 2.22. The minimum absolute atomic E-state index is 0.463. The summed E-state index contributed by atoms with van der Waals surface area (Å²) in [6.45, 7) is 4.93. The topological polar surface area (TPSA) is 38.5 Å². The summed E-state index contributed by atoms with van der Waals surface area (Å²) in [6, 6.07) is 6.25. The second kappa shape index (κ2) is 2.83. The van der Waals surface area contributed by atoms with Gasteiger partial charge in [-0.15, -0.1) is 0 Å². The number of fused-ring (bicyclic) bond motifs is 1. The van der Waals surface area contributed by atoms with E-state index in [4.69, 9.17) is 10.5 Å². The Labute approximate surface area is 78.1 Å². The van der Waals surface area contributed by atoms with Crippen molar-refractivity contribution in [3.63, 3.8) is 0 Å². The van der Waals surface area contributed by atoms with Gasteiger partial charge in [-0.3, -0.25) is 0 Å². The van der Waals surface area contributed by atoms with Gasteiger partial charge in [0.15, 0.2) is 6.73 Å². The summed E-state index contributed by atoms with van der Waals surface area (Å²) in [7, 11) is 0. The summed E-state index contributed by atoms with van der Waals surface area (Å²) in [5, 5.41) is 0. The number of nitrogens with two attached hydrogens (primary N) is 1. The molecule has 1 aromatic rings. The summed E-state index contributed by atoms with van der Waals surface area (Å²) < 4.78 is 5.50. The first-order valence-electron chi connectivity index (χ1n) is 4.47. The van der Waals surface area contributed by atoms with Crippen molar-refractivity contribution < 1.29 is 4.74 Å². The molecule has 0 bridgehead atoms. The molecule has 1 heterocycles. The van der Waals surface area contributed by atoms with Gasteiger partial charge in [0.25, 0.3) is 0 Å². The molecule has 0 aliphatic carbocycles. The third-order valence-electron chi connectivity index (χ3n) is 2.28. The van der Waals surface area contributed by atoms with Crippen LogP contribution in [-0.2, 0) is 0 Å². The van der Waals surface area contributed by atoms with E-state index in [1.54, 1.807) is 0 Å². The first-order valence-corrected chi connectivity index (χ1v) is 4.47. The zero-order chi connectivity index (χ0) is 9.42. The quantitative estimate of drug-likeness (QED) is 0.667. The Hall–Kier alpha value is -1.38. The zero-order valence-electron chi connectivity index (χ0n) is 7.95. The molecule has 3 heteroatoms. The molecule has 0 spiro atoms. The molecule has 2 rings (SSSR count). The van der Waals surface area contributed by atoms with Crippen molar-refractivity contribution in [2.45, 2.75) is 19.9 Å². The second-order valence-corrected chi connectivity index (χ2v) is 3.56. The lowest BCUT2D eigenvalue weighted by Crippen LogP contribution is -2.29. The standard InChI is InChI=1S/C10H14N2O/c1-7(2)12-6-13-10-5-8(11)3-4-9(10)12/h3-5,7H,6,11H2,1-2H3. The SMILES string of the molecule is CC(C)N1COc2cc(N)ccc21. The van der Waals surface area contributed by atoms with Crippen LogP contribution in [0.4, 0.5) is 11.4 Å². The molecule has 0 saturated carbocycles. The van der Waals surface area contributed by atoms with Crippen LogP contribution in [0.1, 0.15) is 13.8 Å². The highest BCUT2D eigenvalue weighted by atomic mass is 16.5. The van der Waals surface area contributed by atoms with Gasteiger partial charge in [-0.05, 0) is 26.0 Å². The predicted octanol–water partition coefficient (Wildman–Crippen LogP) is 1.83. The van der Waals surface area contributed by atoms with E-state index in [-0.39, 0.29) is 0 Å². The van der Waals surface area contributed by atoms with Crippen molar-refractivity contribution in [1.29, 1.82) is 0 Å². The second-order valence-electron chi connectivity index (χ2n) is 3.56. The van der Waals surface area contributed by atoms with E-state index in [1.165, 1.54) is 0 Å². The van der Waals surface area contributed by atoms with Crippen LogP contribution in [0.15, 0.2) is 18.2 Å². The molecule has 0 radical (unpaired) electrons. The maximum absolute atomic E-state index is 5.65. The summed E-state index contributed by atoms with van der Waals surface area (Å²) in [5.74, 6) is 0.897. The molecule has 0 unspecified atom stereocenters. The molecule has 1 aromatic carbocycles. The van der Waals surface area contributed by atoms with Crippen molar-refractivity contribution in [2.75, 3.05) is 17.4 Å². The maximum atomic E-state index is 5.65. The molecule has 13 heavy (non-hydrogen) atoms. The fourth-order valence-corrected chi connectivity index (χ4v) is 1.52. The molecule has 1 aliphatic rings. The van der Waals surface area contributed by atoms with Crippen LogP contribution >= 0.6 is 0 Å². The van der Waals surface area contributed by atoms with Crippen molar-refractivity contribution in [1.82, 2.24) is 0 Å². The van der Waals surface area contributed by atoms with E-state index in [0.717, 1.165) is 17.1 Å². The molecular weight excluding hydrogens is 164 g/mol. The van der Waals surface area contributed by atoms with Gasteiger partial charge in [0, 0.05) is 17.8 Å². The number of nitrogen functional groups attached to an aromatic ring is 1. The van der Waals surface area contributed by atoms with Crippen molar-refractivity contribution >= 4 is 11.4 Å². The van der Waals surface area contributed by atoms with Crippen LogP contribution < -0.4 is 15.4 Å². The van der Waals surface area contributed by atoms with Gasteiger partial charge in [0.1, 0.15) is 5.75 Å². The van der Waals surface area contributed by atoms with Crippen LogP contribution in [-0.4, -0.2) is 12.8 Å². The van der Waals surface area contributed by atoms with E-state index >= 15 is 0 Å². The molecule has 3 nitrogen and oxygen atoms in total. The Bertz CT molecular complexity index is 323. The van der Waals surface area contributed by atoms with E-state index in [0.29, 0.717) is 12.8 Å². The van der Waals surface area contributed by atoms with Crippen LogP contribution in [0, 0.1) is 0 Å². The van der Waals surface area contributed by atoms with Crippen molar-refractivity contribution in [3.8, 4) is 5.75 Å². The third kappa shape index (κ3) is 1.30. The minimum Gasteiger partial charge on any atom is -0.471 e. The Morgan fingerprint density at radius 1 is 1.46 bits per heavy atom. The number of hydrogen-bond donors (Lipinski definition) is 1. The summed E-state index contributed by atoms with van der Waals surface area (Å²) in [5.41, 5.74) is 7.55. The Morgan fingerprint density at radius 2 is 2.23 bits per heavy atom. The largest absolute Gasteiger partial charge is 0.471 e. The van der Waals surface area contributed by atoms with Crippen LogP contribution in [0.3, 0.4) is 0 Å². The van der Waals surface area contributed by atoms with E-state index in [9.17, 15) is 0 Å². The van der Waals surface area contributed by atoms with Gasteiger partial charge in [-0.2, -0.15) is 0 Å². The molecule has 0 aromatic heterocycles. The number of ether oxygens (including phenoxy) is 1. The molecule has 0 atom stereocenters. The van der Waals surface area contributed by atoms with Gasteiger partial charge >= 0.3 is 0 Å². The van der Waals surface area contributed by atoms with Gasteiger partial charge < -0.3 is 15.4 Å². The minimum atomic E-state index is 0.463. The highest BCUT2D eigenvalue weighted by Crippen LogP contribution is 2.36. The number of nitrogens with zero attached hydrogens (tertiary/aromatic N) is 1. The average molecular weight is 178 g/mol. The van der Waals surface area contributed by atoms with Crippen LogP contribution in [0.25, 0.3) is 0 Å². The molecule has 1 aliphatic heterocycles. The van der Waals surface area contributed by atoms with Gasteiger partial charge in [-0.25, -0.2) is 0 Å². The van der Waals surface area contributed by atoms with Gasteiger partial charge in [0.05, 0.1) is 5.69 Å². The highest BCUT2D eigenvalue weighted by molar-refractivity contribution is 5.66. The first-order chi connectivity index (χ1) is 6.18.